The number of rotatable bonds is 3. The lowest BCUT2D eigenvalue weighted by molar-refractivity contribution is 0.0871. The highest BCUT2D eigenvalue weighted by molar-refractivity contribution is 5.06. The fourth-order valence-corrected chi connectivity index (χ4v) is 2.37. The molecule has 0 saturated carbocycles. The number of hydrogen-bond donors (Lipinski definition) is 1. The van der Waals surface area contributed by atoms with Crippen LogP contribution in [0.25, 0.3) is 0 Å². The van der Waals surface area contributed by atoms with Gasteiger partial charge in [0.25, 0.3) is 0 Å². The summed E-state index contributed by atoms with van der Waals surface area (Å²) in [6, 6.07) is 4.22. The van der Waals surface area contributed by atoms with E-state index in [0.29, 0.717) is 12.0 Å². The average Bonchev–Trinajstić information content (AvgIpc) is 2.75. The van der Waals surface area contributed by atoms with Gasteiger partial charge in [0.15, 0.2) is 0 Å². The topological polar surface area (TPSA) is 42.4 Å². The second kappa shape index (κ2) is 4.60. The Morgan fingerprint density at radius 2 is 2.12 bits per heavy atom. The minimum Gasteiger partial charge on any atom is -0.468 e. The zero-order valence-corrected chi connectivity index (χ0v) is 10.3. The third-order valence-electron chi connectivity index (χ3n) is 3.69. The number of likely N-dealkylation sites (tertiary alicyclic amines) is 1. The molecule has 2 N–H and O–H groups in total. The first-order valence-electron chi connectivity index (χ1n) is 6.10. The zero-order valence-electron chi connectivity index (χ0n) is 10.3. The van der Waals surface area contributed by atoms with Crippen LogP contribution in [0.15, 0.2) is 22.8 Å². The van der Waals surface area contributed by atoms with Gasteiger partial charge >= 0.3 is 0 Å². The van der Waals surface area contributed by atoms with Crippen LogP contribution in [0.5, 0.6) is 0 Å². The third-order valence-corrected chi connectivity index (χ3v) is 3.69. The monoisotopic (exact) mass is 222 g/mol. The highest BCUT2D eigenvalue weighted by Crippen LogP contribution is 2.33. The average molecular weight is 222 g/mol. The first-order valence-corrected chi connectivity index (χ1v) is 6.10. The molecule has 90 valence electrons. The minimum absolute atomic E-state index is 0.256. The quantitative estimate of drug-likeness (QED) is 0.854. The predicted molar refractivity (Wildman–Crippen MR) is 65.1 cm³/mol. The molecule has 1 aromatic rings. The van der Waals surface area contributed by atoms with Crippen molar-refractivity contribution in [2.75, 3.05) is 19.6 Å². The van der Waals surface area contributed by atoms with Crippen LogP contribution in [0.4, 0.5) is 0 Å². The van der Waals surface area contributed by atoms with Gasteiger partial charge in [0.05, 0.1) is 12.3 Å². The lowest BCUT2D eigenvalue weighted by atomic mass is 9.82. The van der Waals surface area contributed by atoms with Crippen molar-refractivity contribution in [3.8, 4) is 0 Å². The van der Waals surface area contributed by atoms with Crippen molar-refractivity contribution in [3.05, 3.63) is 24.2 Å². The van der Waals surface area contributed by atoms with Crippen molar-refractivity contribution in [1.82, 2.24) is 4.90 Å². The molecule has 0 spiro atoms. The fraction of sp³-hybridized carbons (Fsp3) is 0.692. The van der Waals surface area contributed by atoms with Crippen LogP contribution in [-0.2, 0) is 0 Å². The van der Waals surface area contributed by atoms with Gasteiger partial charge in [-0.05, 0) is 43.5 Å². The minimum atomic E-state index is 0.256. The summed E-state index contributed by atoms with van der Waals surface area (Å²) >= 11 is 0. The summed E-state index contributed by atoms with van der Waals surface area (Å²) < 4.78 is 5.47. The van der Waals surface area contributed by atoms with Crippen LogP contribution >= 0.6 is 0 Å². The van der Waals surface area contributed by atoms with E-state index in [-0.39, 0.29) is 6.04 Å². The van der Waals surface area contributed by atoms with E-state index in [1.165, 1.54) is 12.8 Å². The van der Waals surface area contributed by atoms with Gasteiger partial charge in [0.1, 0.15) is 5.76 Å². The van der Waals surface area contributed by atoms with Gasteiger partial charge in [-0.1, -0.05) is 13.8 Å². The van der Waals surface area contributed by atoms with Crippen LogP contribution in [0, 0.1) is 5.41 Å². The lowest BCUT2D eigenvalue weighted by Gasteiger charge is -2.40. The molecular weight excluding hydrogens is 200 g/mol. The maximum absolute atomic E-state index is 5.86. The summed E-state index contributed by atoms with van der Waals surface area (Å²) in [6.45, 7) is 7.56. The van der Waals surface area contributed by atoms with Crippen LogP contribution < -0.4 is 5.73 Å². The Hall–Kier alpha value is -0.800. The molecule has 1 unspecified atom stereocenters. The van der Waals surface area contributed by atoms with Gasteiger partial charge in [-0.25, -0.2) is 0 Å². The Morgan fingerprint density at radius 3 is 2.62 bits per heavy atom. The molecule has 1 saturated heterocycles. The van der Waals surface area contributed by atoms with E-state index in [1.54, 1.807) is 6.26 Å². The molecule has 1 fully saturated rings. The summed E-state index contributed by atoms with van der Waals surface area (Å²) in [5.41, 5.74) is 6.35. The molecule has 0 bridgehead atoms. The number of hydrogen-bond acceptors (Lipinski definition) is 3. The second-order valence-electron chi connectivity index (χ2n) is 5.47. The largest absolute Gasteiger partial charge is 0.468 e. The van der Waals surface area contributed by atoms with Gasteiger partial charge in [-0.3, -0.25) is 4.90 Å². The maximum Gasteiger partial charge on any atom is 0.122 e. The van der Waals surface area contributed by atoms with Crippen molar-refractivity contribution in [3.63, 3.8) is 0 Å². The molecular formula is C13H22N2O. The number of nitrogens with two attached hydrogens (primary N) is 1. The van der Waals surface area contributed by atoms with Crippen LogP contribution in [0.1, 0.15) is 38.5 Å². The first kappa shape index (κ1) is 11.7. The molecule has 1 aromatic heterocycles. The SMILES string of the molecule is CC1(C)CCN(C(CN)c2ccco2)CC1. The Bertz CT molecular complexity index is 309. The van der Waals surface area contributed by atoms with E-state index in [1.807, 2.05) is 12.1 Å². The number of piperidine rings is 1. The molecule has 2 heterocycles. The molecule has 2 rings (SSSR count). The van der Waals surface area contributed by atoms with E-state index in [9.17, 15) is 0 Å². The summed E-state index contributed by atoms with van der Waals surface area (Å²) in [5.74, 6) is 1.00. The van der Waals surface area contributed by atoms with Crippen molar-refractivity contribution in [2.24, 2.45) is 11.1 Å². The maximum atomic E-state index is 5.86. The van der Waals surface area contributed by atoms with Gasteiger partial charge in [-0.2, -0.15) is 0 Å². The molecule has 1 aliphatic heterocycles. The normalized spacial score (nSPS) is 23.2. The van der Waals surface area contributed by atoms with Crippen molar-refractivity contribution >= 4 is 0 Å². The van der Waals surface area contributed by atoms with Gasteiger partial charge in [0, 0.05) is 6.54 Å². The predicted octanol–water partition coefficient (Wildman–Crippen LogP) is 2.40. The number of nitrogens with zero attached hydrogens (tertiary/aromatic N) is 1. The molecule has 0 aliphatic carbocycles. The fourth-order valence-electron chi connectivity index (χ4n) is 2.37. The zero-order chi connectivity index (χ0) is 11.6. The first-order chi connectivity index (χ1) is 7.62. The molecule has 0 radical (unpaired) electrons. The molecule has 0 amide bonds. The van der Waals surface area contributed by atoms with Gasteiger partial charge in [0.2, 0.25) is 0 Å². The highest BCUT2D eigenvalue weighted by atomic mass is 16.3. The Morgan fingerprint density at radius 1 is 1.44 bits per heavy atom. The summed E-state index contributed by atoms with van der Waals surface area (Å²) in [5, 5.41) is 0. The standard InChI is InChI=1S/C13H22N2O/c1-13(2)5-7-15(8-6-13)11(10-14)12-4-3-9-16-12/h3-4,9,11H,5-8,10,14H2,1-2H3. The van der Waals surface area contributed by atoms with Crippen LogP contribution in [0.3, 0.4) is 0 Å². The second-order valence-corrected chi connectivity index (χ2v) is 5.47. The van der Waals surface area contributed by atoms with E-state index in [2.05, 4.69) is 18.7 Å². The summed E-state index contributed by atoms with van der Waals surface area (Å²) in [4.78, 5) is 2.45. The van der Waals surface area contributed by atoms with E-state index in [0.717, 1.165) is 18.8 Å². The third kappa shape index (κ3) is 2.47. The molecule has 3 nitrogen and oxygen atoms in total. The summed E-state index contributed by atoms with van der Waals surface area (Å²) in [7, 11) is 0. The van der Waals surface area contributed by atoms with Crippen LogP contribution in [-0.4, -0.2) is 24.5 Å². The molecule has 0 aromatic carbocycles. The summed E-state index contributed by atoms with van der Waals surface area (Å²) in [6.07, 6.45) is 4.21. The van der Waals surface area contributed by atoms with Gasteiger partial charge < -0.3 is 10.2 Å². The van der Waals surface area contributed by atoms with E-state index < -0.39 is 0 Å². The molecule has 1 aliphatic rings. The molecule has 1 atom stereocenters. The molecule has 16 heavy (non-hydrogen) atoms. The Balaban J connectivity index is 2.02. The van der Waals surface area contributed by atoms with Crippen LogP contribution in [0.2, 0.25) is 0 Å². The molecule has 3 heteroatoms. The van der Waals surface area contributed by atoms with E-state index in [4.69, 9.17) is 10.2 Å². The van der Waals surface area contributed by atoms with E-state index >= 15 is 0 Å². The lowest BCUT2D eigenvalue weighted by Crippen LogP contribution is -2.41. The smallest absolute Gasteiger partial charge is 0.122 e. The number of furan rings is 1. The van der Waals surface area contributed by atoms with Crippen molar-refractivity contribution in [1.29, 1.82) is 0 Å². The van der Waals surface area contributed by atoms with Crippen molar-refractivity contribution in [2.45, 2.75) is 32.7 Å². The van der Waals surface area contributed by atoms with Crippen molar-refractivity contribution < 1.29 is 4.42 Å². The highest BCUT2D eigenvalue weighted by Gasteiger charge is 2.30. The Labute approximate surface area is 97.6 Å². The Kier molecular flexibility index (Phi) is 3.36. The van der Waals surface area contributed by atoms with Gasteiger partial charge in [-0.15, -0.1) is 0 Å².